The first kappa shape index (κ1) is 13.3. The van der Waals surface area contributed by atoms with Crippen molar-refractivity contribution in [1.29, 1.82) is 0 Å². The Kier molecular flexibility index (Phi) is 3.66. The Hall–Kier alpha value is -2.15. The number of anilines is 1. The van der Waals surface area contributed by atoms with E-state index in [9.17, 15) is 14.9 Å². The molecule has 0 unspecified atom stereocenters. The summed E-state index contributed by atoms with van der Waals surface area (Å²) < 4.78 is 5.11. The number of nitro groups is 1. The van der Waals surface area contributed by atoms with E-state index in [0.29, 0.717) is 5.69 Å². The maximum absolute atomic E-state index is 12.0. The van der Waals surface area contributed by atoms with Crippen molar-refractivity contribution < 1.29 is 14.5 Å². The summed E-state index contributed by atoms with van der Waals surface area (Å²) in [6.07, 6.45) is 1.60. The smallest absolute Gasteiger partial charge is 0.282 e. The van der Waals surface area contributed by atoms with Gasteiger partial charge in [0.25, 0.3) is 11.6 Å². The van der Waals surface area contributed by atoms with E-state index in [2.05, 4.69) is 5.32 Å². The van der Waals surface area contributed by atoms with Crippen LogP contribution in [0, 0.1) is 10.1 Å². The van der Waals surface area contributed by atoms with Gasteiger partial charge in [-0.25, -0.2) is 0 Å². The summed E-state index contributed by atoms with van der Waals surface area (Å²) in [4.78, 5) is 22.3. The Morgan fingerprint density at radius 1 is 1.53 bits per heavy atom. The lowest BCUT2D eigenvalue weighted by atomic mass is 9.89. The Labute approximate surface area is 109 Å². The number of nitrogens with one attached hydrogen (secondary N) is 1. The van der Waals surface area contributed by atoms with E-state index in [1.165, 1.54) is 18.2 Å². The topological polar surface area (TPSA) is 107 Å². The standard InChI is InChI=1S/C12H15N3O4/c1-19-9-5-8(6-9)14-12(16)10-4-7(13)2-3-11(10)15(17)18/h2-4,8-9H,5-6,13H2,1H3,(H,14,16). The summed E-state index contributed by atoms with van der Waals surface area (Å²) in [5.41, 5.74) is 5.63. The minimum absolute atomic E-state index is 0.00140. The van der Waals surface area contributed by atoms with Gasteiger partial charge in [-0.3, -0.25) is 14.9 Å². The lowest BCUT2D eigenvalue weighted by Gasteiger charge is -2.34. The molecule has 1 fully saturated rings. The number of carbonyl (C=O) groups is 1. The molecule has 1 aromatic rings. The Balaban J connectivity index is 2.10. The zero-order valence-electron chi connectivity index (χ0n) is 10.5. The average Bonchev–Trinajstić information content (AvgIpc) is 2.32. The highest BCUT2D eigenvalue weighted by atomic mass is 16.6. The van der Waals surface area contributed by atoms with Gasteiger partial charge < -0.3 is 15.8 Å². The van der Waals surface area contributed by atoms with Crippen molar-refractivity contribution in [3.8, 4) is 0 Å². The summed E-state index contributed by atoms with van der Waals surface area (Å²) in [6.45, 7) is 0. The number of benzene rings is 1. The van der Waals surface area contributed by atoms with Gasteiger partial charge >= 0.3 is 0 Å². The lowest BCUT2D eigenvalue weighted by Crippen LogP contribution is -2.47. The third-order valence-electron chi connectivity index (χ3n) is 3.23. The molecule has 1 saturated carbocycles. The van der Waals surface area contributed by atoms with Crippen LogP contribution in [0.5, 0.6) is 0 Å². The molecule has 2 rings (SSSR count). The van der Waals surface area contributed by atoms with Crippen LogP contribution in [0.25, 0.3) is 0 Å². The van der Waals surface area contributed by atoms with Gasteiger partial charge in [0.1, 0.15) is 5.56 Å². The molecule has 1 aliphatic carbocycles. The Bertz CT molecular complexity index is 512. The molecule has 19 heavy (non-hydrogen) atoms. The van der Waals surface area contributed by atoms with Crippen LogP contribution in [0.1, 0.15) is 23.2 Å². The third-order valence-corrected chi connectivity index (χ3v) is 3.23. The maximum Gasteiger partial charge on any atom is 0.282 e. The fourth-order valence-corrected chi connectivity index (χ4v) is 2.03. The van der Waals surface area contributed by atoms with Gasteiger partial charge in [0.15, 0.2) is 0 Å². The lowest BCUT2D eigenvalue weighted by molar-refractivity contribution is -0.385. The molecule has 7 heteroatoms. The van der Waals surface area contributed by atoms with Gasteiger partial charge in [0.2, 0.25) is 0 Å². The van der Waals surface area contributed by atoms with Crippen LogP contribution in [0.2, 0.25) is 0 Å². The number of nitrogens with two attached hydrogens (primary N) is 1. The van der Waals surface area contributed by atoms with E-state index >= 15 is 0 Å². The fourth-order valence-electron chi connectivity index (χ4n) is 2.03. The number of amides is 1. The molecular weight excluding hydrogens is 250 g/mol. The number of hydrogen-bond donors (Lipinski definition) is 2. The van der Waals surface area contributed by atoms with E-state index in [1.54, 1.807) is 7.11 Å². The summed E-state index contributed by atoms with van der Waals surface area (Å²) in [5, 5.41) is 13.6. The van der Waals surface area contributed by atoms with Crippen LogP contribution >= 0.6 is 0 Å². The van der Waals surface area contributed by atoms with Crippen LogP contribution in [0.15, 0.2) is 18.2 Å². The van der Waals surface area contributed by atoms with Crippen LogP contribution in [0.4, 0.5) is 11.4 Å². The normalized spacial score (nSPS) is 21.5. The number of ether oxygens (including phenoxy) is 1. The van der Waals surface area contributed by atoms with Crippen LogP contribution in [-0.2, 0) is 4.74 Å². The van der Waals surface area contributed by atoms with Crippen molar-refractivity contribution in [2.24, 2.45) is 0 Å². The predicted molar refractivity (Wildman–Crippen MR) is 68.8 cm³/mol. The largest absolute Gasteiger partial charge is 0.399 e. The number of nitro benzene ring substituents is 1. The molecule has 0 aromatic heterocycles. The second kappa shape index (κ2) is 5.23. The first-order valence-electron chi connectivity index (χ1n) is 5.89. The second-order valence-corrected chi connectivity index (χ2v) is 4.53. The zero-order valence-corrected chi connectivity index (χ0v) is 10.5. The molecule has 0 radical (unpaired) electrons. The summed E-state index contributed by atoms with van der Waals surface area (Å²) in [7, 11) is 1.62. The van der Waals surface area contributed by atoms with Gasteiger partial charge in [-0.2, -0.15) is 0 Å². The van der Waals surface area contributed by atoms with E-state index in [1.807, 2.05) is 0 Å². The number of methoxy groups -OCH3 is 1. The zero-order chi connectivity index (χ0) is 14.0. The summed E-state index contributed by atoms with van der Waals surface area (Å²) >= 11 is 0. The van der Waals surface area contributed by atoms with Gasteiger partial charge in [-0.1, -0.05) is 0 Å². The number of nitrogens with zero attached hydrogens (tertiary/aromatic N) is 1. The quantitative estimate of drug-likeness (QED) is 0.481. The van der Waals surface area contributed by atoms with Gasteiger partial charge in [-0.15, -0.1) is 0 Å². The Morgan fingerprint density at radius 3 is 2.79 bits per heavy atom. The molecule has 1 aromatic carbocycles. The molecule has 0 bridgehead atoms. The molecule has 3 N–H and O–H groups in total. The fraction of sp³-hybridized carbons (Fsp3) is 0.417. The van der Waals surface area contributed by atoms with Crippen molar-refractivity contribution in [2.45, 2.75) is 25.0 Å². The number of hydrogen-bond acceptors (Lipinski definition) is 5. The molecule has 0 spiro atoms. The third kappa shape index (κ3) is 2.82. The van der Waals surface area contributed by atoms with Gasteiger partial charge in [0.05, 0.1) is 11.0 Å². The summed E-state index contributed by atoms with van der Waals surface area (Å²) in [5.74, 6) is -0.474. The highest BCUT2D eigenvalue weighted by Gasteiger charge is 2.31. The van der Waals surface area contributed by atoms with E-state index < -0.39 is 10.8 Å². The number of rotatable bonds is 4. The molecule has 102 valence electrons. The van der Waals surface area contributed by atoms with E-state index in [0.717, 1.165) is 12.8 Å². The van der Waals surface area contributed by atoms with Gasteiger partial charge in [-0.05, 0) is 25.0 Å². The number of nitrogen functional groups attached to an aromatic ring is 1. The molecule has 0 aliphatic heterocycles. The minimum atomic E-state index is -0.590. The maximum atomic E-state index is 12.0. The van der Waals surface area contributed by atoms with Crippen molar-refractivity contribution in [2.75, 3.05) is 12.8 Å². The number of carbonyl (C=O) groups excluding carboxylic acids is 1. The first-order chi connectivity index (χ1) is 9.01. The summed E-state index contributed by atoms with van der Waals surface area (Å²) in [6, 6.07) is 3.96. The minimum Gasteiger partial charge on any atom is -0.399 e. The Morgan fingerprint density at radius 2 is 2.21 bits per heavy atom. The molecule has 0 heterocycles. The van der Waals surface area contributed by atoms with Crippen molar-refractivity contribution in [1.82, 2.24) is 5.32 Å². The van der Waals surface area contributed by atoms with Crippen molar-refractivity contribution in [3.63, 3.8) is 0 Å². The highest BCUT2D eigenvalue weighted by molar-refractivity contribution is 5.99. The molecule has 1 amide bonds. The van der Waals surface area contributed by atoms with Crippen molar-refractivity contribution in [3.05, 3.63) is 33.9 Å². The SMILES string of the molecule is COC1CC(NC(=O)c2cc(N)ccc2[N+](=O)[O-])C1. The van der Waals surface area contributed by atoms with E-state index in [-0.39, 0.29) is 23.4 Å². The monoisotopic (exact) mass is 265 g/mol. The van der Waals surface area contributed by atoms with Crippen LogP contribution in [0.3, 0.4) is 0 Å². The second-order valence-electron chi connectivity index (χ2n) is 4.53. The highest BCUT2D eigenvalue weighted by Crippen LogP contribution is 2.25. The predicted octanol–water partition coefficient (Wildman–Crippen LogP) is 1.08. The van der Waals surface area contributed by atoms with Gasteiger partial charge in [0, 0.05) is 24.9 Å². The molecular formula is C12H15N3O4. The van der Waals surface area contributed by atoms with Crippen LogP contribution in [-0.4, -0.2) is 30.1 Å². The molecule has 1 aliphatic rings. The average molecular weight is 265 g/mol. The molecule has 0 atom stereocenters. The molecule has 7 nitrogen and oxygen atoms in total. The molecule has 0 saturated heterocycles. The van der Waals surface area contributed by atoms with E-state index in [4.69, 9.17) is 10.5 Å². The van der Waals surface area contributed by atoms with Crippen LogP contribution < -0.4 is 11.1 Å². The first-order valence-corrected chi connectivity index (χ1v) is 5.89. The van der Waals surface area contributed by atoms with Crippen molar-refractivity contribution >= 4 is 17.3 Å².